The van der Waals surface area contributed by atoms with E-state index in [1.165, 1.54) is 6.07 Å². The Morgan fingerprint density at radius 1 is 1.47 bits per heavy atom. The summed E-state index contributed by atoms with van der Waals surface area (Å²) in [6, 6.07) is 1.21. The third-order valence-corrected chi connectivity index (χ3v) is 3.01. The Morgan fingerprint density at radius 2 is 2.13 bits per heavy atom. The molecule has 0 atom stereocenters. The monoisotopic (exact) mass is 247 g/mol. The zero-order valence-electron chi connectivity index (χ0n) is 7.55. The van der Waals surface area contributed by atoms with Crippen molar-refractivity contribution in [3.63, 3.8) is 0 Å². The van der Waals surface area contributed by atoms with Crippen molar-refractivity contribution in [1.29, 1.82) is 0 Å². The third-order valence-electron chi connectivity index (χ3n) is 1.73. The van der Waals surface area contributed by atoms with E-state index < -0.39 is 9.84 Å². The predicted octanol–water partition coefficient (Wildman–Crippen LogP) is -0.237. The number of fused-ring (bicyclic) bond motifs is 1. The minimum atomic E-state index is -3.44. The summed E-state index contributed by atoms with van der Waals surface area (Å²) in [6.45, 7) is 0. The van der Waals surface area contributed by atoms with E-state index in [-0.39, 0.29) is 21.6 Å². The lowest BCUT2D eigenvalue weighted by Gasteiger charge is -2.00. The molecule has 9 heteroatoms. The van der Waals surface area contributed by atoms with Gasteiger partial charge in [0, 0.05) is 6.26 Å². The van der Waals surface area contributed by atoms with Crippen LogP contribution < -0.4 is 5.73 Å². The molecule has 15 heavy (non-hydrogen) atoms. The maximum atomic E-state index is 11.4. The quantitative estimate of drug-likeness (QED) is 0.746. The van der Waals surface area contributed by atoms with Crippen molar-refractivity contribution in [3.05, 3.63) is 11.2 Å². The fraction of sp³-hybridized carbons (Fsp3) is 0.167. The molecule has 2 rings (SSSR count). The average Bonchev–Trinajstić information content (AvgIpc) is 2.45. The Morgan fingerprint density at radius 3 is 2.73 bits per heavy atom. The molecule has 0 saturated carbocycles. The first-order valence-electron chi connectivity index (χ1n) is 3.77. The van der Waals surface area contributed by atoms with Crippen LogP contribution in [0.4, 0.5) is 5.95 Å². The first-order chi connectivity index (χ1) is 6.89. The number of rotatable bonds is 1. The molecule has 0 aliphatic heterocycles. The molecule has 0 amide bonds. The van der Waals surface area contributed by atoms with Gasteiger partial charge in [0.2, 0.25) is 5.95 Å². The van der Waals surface area contributed by atoms with E-state index >= 15 is 0 Å². The van der Waals surface area contributed by atoms with E-state index in [1.54, 1.807) is 0 Å². The molecule has 0 fully saturated rings. The number of nitrogens with two attached hydrogens (primary N) is 1. The smallest absolute Gasteiger partial charge is 0.243 e. The molecule has 7 nitrogen and oxygen atoms in total. The van der Waals surface area contributed by atoms with Crippen LogP contribution in [0.2, 0.25) is 5.15 Å². The highest BCUT2D eigenvalue weighted by atomic mass is 35.5. The van der Waals surface area contributed by atoms with E-state index in [4.69, 9.17) is 17.3 Å². The SMILES string of the molecule is CS(=O)(=O)c1cc(Cl)nn2c(N)nnc12. The molecule has 0 aliphatic carbocycles. The Hall–Kier alpha value is -1.41. The van der Waals surface area contributed by atoms with Crippen LogP contribution in [0.3, 0.4) is 0 Å². The maximum Gasteiger partial charge on any atom is 0.243 e. The summed E-state index contributed by atoms with van der Waals surface area (Å²) in [5, 5.41) is 10.9. The van der Waals surface area contributed by atoms with Crippen molar-refractivity contribution in [2.45, 2.75) is 4.90 Å². The highest BCUT2D eigenvalue weighted by Gasteiger charge is 2.17. The van der Waals surface area contributed by atoms with Gasteiger partial charge in [0.1, 0.15) is 4.90 Å². The molecule has 2 aromatic rings. The summed E-state index contributed by atoms with van der Waals surface area (Å²) in [5.74, 6) is -0.0163. The van der Waals surface area contributed by atoms with Crippen LogP contribution in [0.5, 0.6) is 0 Å². The van der Waals surface area contributed by atoms with E-state index in [0.29, 0.717) is 0 Å². The number of halogens is 1. The van der Waals surface area contributed by atoms with Crippen molar-refractivity contribution in [3.8, 4) is 0 Å². The lowest BCUT2D eigenvalue weighted by molar-refractivity contribution is 0.601. The van der Waals surface area contributed by atoms with Crippen LogP contribution >= 0.6 is 11.6 Å². The molecular formula is C6H6ClN5O2S. The van der Waals surface area contributed by atoms with Crippen molar-refractivity contribution in [1.82, 2.24) is 19.8 Å². The molecule has 0 unspecified atom stereocenters. The third kappa shape index (κ3) is 1.61. The van der Waals surface area contributed by atoms with Crippen LogP contribution in [0.25, 0.3) is 5.65 Å². The number of anilines is 1. The Kier molecular flexibility index (Phi) is 2.05. The Labute approximate surface area is 89.8 Å². The molecule has 2 N–H and O–H groups in total. The first kappa shape index (κ1) is 10.1. The van der Waals surface area contributed by atoms with Crippen molar-refractivity contribution >= 4 is 33.0 Å². The zero-order valence-corrected chi connectivity index (χ0v) is 9.12. The van der Waals surface area contributed by atoms with Crippen LogP contribution in [-0.4, -0.2) is 34.5 Å². The number of hydrogen-bond donors (Lipinski definition) is 1. The summed E-state index contributed by atoms with van der Waals surface area (Å²) in [4.78, 5) is -0.0494. The molecule has 2 aromatic heterocycles. The number of nitrogen functional groups attached to an aromatic ring is 1. The Bertz CT molecular complexity index is 634. The summed E-state index contributed by atoms with van der Waals surface area (Å²) in [6.07, 6.45) is 1.05. The molecule has 0 radical (unpaired) electrons. The van der Waals surface area contributed by atoms with Crippen molar-refractivity contribution in [2.75, 3.05) is 12.0 Å². The lowest BCUT2D eigenvalue weighted by Crippen LogP contribution is -2.05. The molecule has 2 heterocycles. The van der Waals surface area contributed by atoms with Gasteiger partial charge in [-0.25, -0.2) is 8.42 Å². The fourth-order valence-corrected chi connectivity index (χ4v) is 2.15. The topological polar surface area (TPSA) is 103 Å². The minimum absolute atomic E-state index is 0.00873. The molecule has 80 valence electrons. The zero-order chi connectivity index (χ0) is 11.2. The summed E-state index contributed by atoms with van der Waals surface area (Å²) in [5.41, 5.74) is 5.50. The van der Waals surface area contributed by atoms with Gasteiger partial charge in [-0.15, -0.1) is 10.2 Å². The number of nitrogens with zero attached hydrogens (tertiary/aromatic N) is 4. The van der Waals surface area contributed by atoms with Crippen LogP contribution in [-0.2, 0) is 9.84 Å². The molecule has 0 saturated heterocycles. The van der Waals surface area contributed by atoms with Crippen LogP contribution in [0, 0.1) is 0 Å². The highest BCUT2D eigenvalue weighted by molar-refractivity contribution is 7.91. The maximum absolute atomic E-state index is 11.4. The lowest BCUT2D eigenvalue weighted by atomic mass is 10.5. The molecule has 0 bridgehead atoms. The number of aromatic nitrogens is 4. The summed E-state index contributed by atoms with van der Waals surface area (Å²) in [7, 11) is -3.44. The van der Waals surface area contributed by atoms with Crippen molar-refractivity contribution < 1.29 is 8.42 Å². The van der Waals surface area contributed by atoms with Gasteiger partial charge < -0.3 is 5.73 Å². The summed E-state index contributed by atoms with van der Waals surface area (Å²) < 4.78 is 23.9. The summed E-state index contributed by atoms with van der Waals surface area (Å²) >= 11 is 5.65. The van der Waals surface area contributed by atoms with Gasteiger partial charge >= 0.3 is 0 Å². The van der Waals surface area contributed by atoms with Gasteiger partial charge in [-0.05, 0) is 6.07 Å². The largest absolute Gasteiger partial charge is 0.366 e. The van der Waals surface area contributed by atoms with Gasteiger partial charge in [0.15, 0.2) is 20.6 Å². The van der Waals surface area contributed by atoms with Crippen molar-refractivity contribution in [2.24, 2.45) is 0 Å². The number of sulfone groups is 1. The van der Waals surface area contributed by atoms with Gasteiger partial charge in [-0.3, -0.25) is 0 Å². The number of hydrogen-bond acceptors (Lipinski definition) is 6. The molecule has 0 aliphatic rings. The predicted molar refractivity (Wildman–Crippen MR) is 53.3 cm³/mol. The second kappa shape index (κ2) is 3.04. The normalized spacial score (nSPS) is 12.1. The van der Waals surface area contributed by atoms with E-state index in [1.807, 2.05) is 0 Å². The fourth-order valence-electron chi connectivity index (χ4n) is 1.11. The van der Waals surface area contributed by atoms with Gasteiger partial charge in [-0.2, -0.15) is 9.61 Å². The highest BCUT2D eigenvalue weighted by Crippen LogP contribution is 2.19. The van der Waals surface area contributed by atoms with Gasteiger partial charge in [0.05, 0.1) is 0 Å². The minimum Gasteiger partial charge on any atom is -0.366 e. The van der Waals surface area contributed by atoms with Crippen LogP contribution in [0.15, 0.2) is 11.0 Å². The van der Waals surface area contributed by atoms with E-state index in [2.05, 4.69) is 15.3 Å². The van der Waals surface area contributed by atoms with E-state index in [9.17, 15) is 8.42 Å². The second-order valence-corrected chi connectivity index (χ2v) is 5.27. The van der Waals surface area contributed by atoms with Gasteiger partial charge in [0.25, 0.3) is 0 Å². The Balaban J connectivity index is 2.97. The molecule has 0 spiro atoms. The standard InChI is InChI=1S/C6H6ClN5O2S/c1-15(13,14)3-2-4(7)11-12-5(3)9-10-6(12)8/h2H,1H3,(H2,8,10). The molecular weight excluding hydrogens is 242 g/mol. The van der Waals surface area contributed by atoms with Gasteiger partial charge in [-0.1, -0.05) is 11.6 Å². The van der Waals surface area contributed by atoms with Crippen LogP contribution in [0.1, 0.15) is 0 Å². The average molecular weight is 248 g/mol. The van der Waals surface area contributed by atoms with E-state index in [0.717, 1.165) is 10.8 Å². The first-order valence-corrected chi connectivity index (χ1v) is 6.04. The second-order valence-electron chi connectivity index (χ2n) is 2.90. The molecule has 0 aromatic carbocycles.